The van der Waals surface area contributed by atoms with Gasteiger partial charge in [0.2, 0.25) is 0 Å². The quantitative estimate of drug-likeness (QED) is 0.255. The first kappa shape index (κ1) is 25.3. The van der Waals surface area contributed by atoms with Crippen LogP contribution < -0.4 is 0 Å². The van der Waals surface area contributed by atoms with E-state index < -0.39 is 11.7 Å². The second-order valence-electron chi connectivity index (χ2n) is 7.99. The van der Waals surface area contributed by atoms with Gasteiger partial charge < -0.3 is 14.9 Å². The number of carbonyl (C=O) groups is 2. The molecule has 5 nitrogen and oxygen atoms in total. The Morgan fingerprint density at radius 1 is 1.28 bits per heavy atom. The highest BCUT2D eigenvalue weighted by molar-refractivity contribution is 5.84. The van der Waals surface area contributed by atoms with E-state index in [0.29, 0.717) is 32.1 Å². The van der Waals surface area contributed by atoms with E-state index in [9.17, 15) is 19.8 Å². The molecule has 0 bridgehead atoms. The minimum Gasteiger partial charge on any atom is -0.469 e. The molecule has 0 spiro atoms. The third-order valence-electron chi connectivity index (χ3n) is 5.69. The van der Waals surface area contributed by atoms with Gasteiger partial charge in [0.05, 0.1) is 18.8 Å². The molecule has 0 heterocycles. The lowest BCUT2D eigenvalue weighted by Crippen LogP contribution is -2.25. The fourth-order valence-corrected chi connectivity index (χ4v) is 3.75. The number of allylic oxidation sites excluding steroid dienone is 2. The van der Waals surface area contributed by atoms with Crippen molar-refractivity contribution < 1.29 is 24.5 Å². The summed E-state index contributed by atoms with van der Waals surface area (Å²) in [6, 6.07) is 0. The maximum atomic E-state index is 12.3. The highest BCUT2D eigenvalue weighted by atomic mass is 16.5. The van der Waals surface area contributed by atoms with E-state index >= 15 is 0 Å². The van der Waals surface area contributed by atoms with Gasteiger partial charge in [-0.1, -0.05) is 56.6 Å². The third kappa shape index (κ3) is 9.09. The van der Waals surface area contributed by atoms with Crippen molar-refractivity contribution in [3.05, 3.63) is 37.0 Å². The minimum absolute atomic E-state index is 0.0771. The summed E-state index contributed by atoms with van der Waals surface area (Å²) < 4.78 is 4.61. The number of hydrogen-bond donors (Lipinski definition) is 2. The van der Waals surface area contributed by atoms with Gasteiger partial charge in [-0.2, -0.15) is 0 Å². The standard InChI is InChI=1S/C24H38O5/c1-4-6-11-16-24(28,5-2)17-12-14-20-19(21(25)18-22(20)26)13-9-7-8-10-15-23(27)29-3/h5,7,9,12,14,19-20,22,26,28H,2,4,6,8,10-11,13,15-18H2,1,3H3/b9-7-,14-12+/t19-,20-,22-,24?/m1/s1. The van der Waals surface area contributed by atoms with Gasteiger partial charge >= 0.3 is 5.97 Å². The van der Waals surface area contributed by atoms with Crippen LogP contribution in [0, 0.1) is 11.8 Å². The van der Waals surface area contributed by atoms with Crippen LogP contribution in [0.1, 0.15) is 71.1 Å². The van der Waals surface area contributed by atoms with E-state index in [2.05, 4.69) is 18.2 Å². The molecule has 5 heteroatoms. The van der Waals surface area contributed by atoms with Crippen molar-refractivity contribution in [2.24, 2.45) is 11.8 Å². The zero-order valence-electron chi connectivity index (χ0n) is 18.0. The summed E-state index contributed by atoms with van der Waals surface area (Å²) in [5.41, 5.74) is -0.936. The van der Waals surface area contributed by atoms with Gasteiger partial charge in [-0.3, -0.25) is 9.59 Å². The number of unbranched alkanes of at least 4 members (excludes halogenated alkanes) is 3. The van der Waals surface area contributed by atoms with E-state index in [1.54, 1.807) is 6.08 Å². The summed E-state index contributed by atoms with van der Waals surface area (Å²) in [5.74, 6) is -0.609. The molecule has 1 fully saturated rings. The summed E-state index contributed by atoms with van der Waals surface area (Å²) >= 11 is 0. The van der Waals surface area contributed by atoms with Crippen molar-refractivity contribution >= 4 is 11.8 Å². The van der Waals surface area contributed by atoms with Crippen LogP contribution in [0.15, 0.2) is 37.0 Å². The lowest BCUT2D eigenvalue weighted by Gasteiger charge is -2.23. The summed E-state index contributed by atoms with van der Waals surface area (Å²) in [4.78, 5) is 23.4. The van der Waals surface area contributed by atoms with Gasteiger partial charge in [-0.15, -0.1) is 6.58 Å². The molecule has 1 aliphatic rings. The topological polar surface area (TPSA) is 83.8 Å². The number of ether oxygens (including phenoxy) is 1. The molecule has 2 N–H and O–H groups in total. The van der Waals surface area contributed by atoms with Gasteiger partial charge in [0.25, 0.3) is 0 Å². The van der Waals surface area contributed by atoms with Crippen LogP contribution >= 0.6 is 0 Å². The van der Waals surface area contributed by atoms with Gasteiger partial charge in [0, 0.05) is 24.7 Å². The largest absolute Gasteiger partial charge is 0.469 e. The minimum atomic E-state index is -0.936. The zero-order chi connectivity index (χ0) is 21.7. The lowest BCUT2D eigenvalue weighted by atomic mass is 9.88. The zero-order valence-corrected chi connectivity index (χ0v) is 18.0. The number of esters is 1. The maximum Gasteiger partial charge on any atom is 0.305 e. The Balaban J connectivity index is 2.56. The molecule has 0 amide bonds. The van der Waals surface area contributed by atoms with Crippen molar-refractivity contribution in [2.75, 3.05) is 7.11 Å². The van der Waals surface area contributed by atoms with Crippen LogP contribution in [0.3, 0.4) is 0 Å². The fraction of sp³-hybridized carbons (Fsp3) is 0.667. The Bertz CT molecular complexity index is 580. The molecule has 4 atom stereocenters. The summed E-state index contributed by atoms with van der Waals surface area (Å²) in [6.45, 7) is 5.88. The highest BCUT2D eigenvalue weighted by Crippen LogP contribution is 2.34. The van der Waals surface area contributed by atoms with Crippen LogP contribution in [0.4, 0.5) is 0 Å². The van der Waals surface area contributed by atoms with E-state index in [1.807, 2.05) is 24.3 Å². The third-order valence-corrected chi connectivity index (χ3v) is 5.69. The Morgan fingerprint density at radius 3 is 2.69 bits per heavy atom. The van der Waals surface area contributed by atoms with Crippen LogP contribution in [-0.4, -0.2) is 40.8 Å². The average Bonchev–Trinajstić information content (AvgIpc) is 2.97. The first-order chi connectivity index (χ1) is 13.9. The van der Waals surface area contributed by atoms with E-state index in [-0.39, 0.29) is 30.0 Å². The molecule has 0 aliphatic heterocycles. The number of methoxy groups -OCH3 is 1. The van der Waals surface area contributed by atoms with Crippen molar-refractivity contribution in [3.63, 3.8) is 0 Å². The van der Waals surface area contributed by atoms with Crippen LogP contribution in [0.2, 0.25) is 0 Å². The molecule has 0 aromatic carbocycles. The summed E-state index contributed by atoms with van der Waals surface area (Å²) in [5, 5.41) is 20.9. The number of aliphatic hydroxyl groups is 2. The predicted octanol–water partition coefficient (Wildman–Crippen LogP) is 4.29. The van der Waals surface area contributed by atoms with E-state index in [0.717, 1.165) is 25.7 Å². The second-order valence-corrected chi connectivity index (χ2v) is 7.99. The Labute approximate surface area is 175 Å². The second kappa shape index (κ2) is 13.5. The number of aliphatic hydroxyl groups excluding tert-OH is 1. The number of ketones is 1. The smallest absolute Gasteiger partial charge is 0.305 e. The molecule has 164 valence electrons. The van der Waals surface area contributed by atoms with Crippen molar-refractivity contribution in [3.8, 4) is 0 Å². The molecular formula is C24H38O5. The molecule has 1 unspecified atom stereocenters. The summed E-state index contributed by atoms with van der Waals surface area (Å²) in [7, 11) is 1.38. The van der Waals surface area contributed by atoms with Crippen molar-refractivity contribution in [2.45, 2.75) is 82.8 Å². The first-order valence-corrected chi connectivity index (χ1v) is 10.8. The van der Waals surface area contributed by atoms with Gasteiger partial charge in [0.15, 0.2) is 0 Å². The molecule has 0 saturated heterocycles. The molecular weight excluding hydrogens is 368 g/mol. The lowest BCUT2D eigenvalue weighted by molar-refractivity contribution is -0.140. The monoisotopic (exact) mass is 406 g/mol. The normalized spacial score (nSPS) is 24.3. The molecule has 1 rings (SSSR count). The predicted molar refractivity (Wildman–Crippen MR) is 115 cm³/mol. The Hall–Kier alpha value is -1.72. The number of Topliss-reactive ketones (excluding diaryl/α,β-unsaturated/α-hetero) is 1. The van der Waals surface area contributed by atoms with E-state index in [4.69, 9.17) is 0 Å². The Morgan fingerprint density at radius 2 is 2.03 bits per heavy atom. The molecule has 0 aromatic heterocycles. The highest BCUT2D eigenvalue weighted by Gasteiger charge is 2.39. The van der Waals surface area contributed by atoms with Crippen LogP contribution in [-0.2, 0) is 14.3 Å². The first-order valence-electron chi connectivity index (χ1n) is 10.8. The average molecular weight is 407 g/mol. The SMILES string of the molecule is C=CC(O)(C/C=C/[C@H]1[C@H](O)CC(=O)[C@@H]1C/C=C\CCCC(=O)OC)CCCCC. The van der Waals surface area contributed by atoms with Crippen molar-refractivity contribution in [1.29, 1.82) is 0 Å². The molecule has 29 heavy (non-hydrogen) atoms. The number of carbonyl (C=O) groups excluding carboxylic acids is 2. The molecule has 0 aromatic rings. The van der Waals surface area contributed by atoms with Gasteiger partial charge in [-0.05, 0) is 32.1 Å². The van der Waals surface area contributed by atoms with Crippen LogP contribution in [0.5, 0.6) is 0 Å². The molecule has 1 saturated carbocycles. The molecule has 1 aliphatic carbocycles. The number of hydrogen-bond acceptors (Lipinski definition) is 5. The summed E-state index contributed by atoms with van der Waals surface area (Å²) in [6.07, 6.45) is 15.5. The van der Waals surface area contributed by atoms with Gasteiger partial charge in [-0.25, -0.2) is 0 Å². The maximum absolute atomic E-state index is 12.3. The van der Waals surface area contributed by atoms with Crippen LogP contribution in [0.25, 0.3) is 0 Å². The Kier molecular flexibility index (Phi) is 11.8. The van der Waals surface area contributed by atoms with Crippen molar-refractivity contribution in [1.82, 2.24) is 0 Å². The van der Waals surface area contributed by atoms with Gasteiger partial charge in [0.1, 0.15) is 5.78 Å². The molecule has 0 radical (unpaired) electrons. The fourth-order valence-electron chi connectivity index (χ4n) is 3.75. The number of rotatable bonds is 14. The van der Waals surface area contributed by atoms with E-state index in [1.165, 1.54) is 7.11 Å².